The van der Waals surface area contributed by atoms with Crippen LogP contribution in [0.1, 0.15) is 0 Å². The summed E-state index contributed by atoms with van der Waals surface area (Å²) in [4.78, 5) is 7.23. The SMILES string of the molecule is c1ccc(-c2cccc(N(c3ccc4oc5ccc6nc(-c7ccccc7)oc6c5c4c3)c3cc4ccccc4c4ccccc34)c2)cc1. The third kappa shape index (κ3) is 4.49. The van der Waals surface area contributed by atoms with Crippen molar-refractivity contribution in [1.29, 1.82) is 0 Å². The van der Waals surface area contributed by atoms with Crippen molar-refractivity contribution in [2.24, 2.45) is 0 Å². The van der Waals surface area contributed by atoms with Crippen molar-refractivity contribution in [3.05, 3.63) is 170 Å². The Morgan fingerprint density at radius 3 is 1.94 bits per heavy atom. The van der Waals surface area contributed by atoms with Gasteiger partial charge in [0, 0.05) is 27.7 Å². The Morgan fingerprint density at radius 2 is 1.10 bits per heavy atom. The molecule has 10 aromatic rings. The molecular weight excluding hydrogens is 601 g/mol. The molecule has 2 aromatic heterocycles. The lowest BCUT2D eigenvalue weighted by molar-refractivity contribution is 0.622. The number of benzene rings is 8. The fourth-order valence-corrected chi connectivity index (χ4v) is 7.18. The third-order valence-electron chi connectivity index (χ3n) is 9.45. The van der Waals surface area contributed by atoms with E-state index in [-0.39, 0.29) is 0 Å². The molecule has 8 aromatic carbocycles. The summed E-state index contributed by atoms with van der Waals surface area (Å²) in [6, 6.07) is 59.4. The van der Waals surface area contributed by atoms with E-state index in [9.17, 15) is 0 Å². The van der Waals surface area contributed by atoms with E-state index in [1.807, 2.05) is 42.5 Å². The number of nitrogens with zero attached hydrogens (tertiary/aromatic N) is 2. The van der Waals surface area contributed by atoms with E-state index in [1.165, 1.54) is 27.1 Å². The van der Waals surface area contributed by atoms with Gasteiger partial charge in [-0.2, -0.15) is 0 Å². The molecule has 0 spiro atoms. The van der Waals surface area contributed by atoms with Gasteiger partial charge in [-0.1, -0.05) is 109 Å². The summed E-state index contributed by atoms with van der Waals surface area (Å²) < 4.78 is 12.9. The highest BCUT2D eigenvalue weighted by Gasteiger charge is 2.21. The van der Waals surface area contributed by atoms with Crippen LogP contribution in [-0.4, -0.2) is 4.98 Å². The van der Waals surface area contributed by atoms with Crippen LogP contribution in [-0.2, 0) is 0 Å². The monoisotopic (exact) mass is 628 g/mol. The zero-order chi connectivity index (χ0) is 32.3. The molecule has 0 amide bonds. The van der Waals surface area contributed by atoms with Crippen LogP contribution >= 0.6 is 0 Å². The normalized spacial score (nSPS) is 11.7. The van der Waals surface area contributed by atoms with Gasteiger partial charge in [-0.15, -0.1) is 0 Å². The molecular formula is C45H28N2O2. The van der Waals surface area contributed by atoms with E-state index in [0.29, 0.717) is 5.89 Å². The van der Waals surface area contributed by atoms with Crippen LogP contribution in [0.3, 0.4) is 0 Å². The Hall–Kier alpha value is -6.65. The Labute approximate surface area is 282 Å². The number of fused-ring (bicyclic) bond motifs is 8. The van der Waals surface area contributed by atoms with Crippen LogP contribution < -0.4 is 4.90 Å². The zero-order valence-electron chi connectivity index (χ0n) is 26.4. The van der Waals surface area contributed by atoms with Crippen molar-refractivity contribution in [1.82, 2.24) is 4.98 Å². The van der Waals surface area contributed by atoms with E-state index in [4.69, 9.17) is 13.8 Å². The molecule has 0 radical (unpaired) electrons. The summed E-state index contributed by atoms with van der Waals surface area (Å²) >= 11 is 0. The van der Waals surface area contributed by atoms with Crippen molar-refractivity contribution in [3.8, 4) is 22.6 Å². The summed E-state index contributed by atoms with van der Waals surface area (Å²) in [6.45, 7) is 0. The number of hydrogen-bond donors (Lipinski definition) is 0. The second kappa shape index (κ2) is 11.0. The minimum absolute atomic E-state index is 0.593. The first kappa shape index (κ1) is 27.5. The van der Waals surface area contributed by atoms with Gasteiger partial charge in [0.1, 0.15) is 16.7 Å². The molecule has 0 unspecified atom stereocenters. The zero-order valence-corrected chi connectivity index (χ0v) is 26.4. The molecule has 0 aliphatic carbocycles. The predicted molar refractivity (Wildman–Crippen MR) is 202 cm³/mol. The highest BCUT2D eigenvalue weighted by Crippen LogP contribution is 2.45. The molecule has 0 saturated carbocycles. The molecule has 10 rings (SSSR count). The maximum absolute atomic E-state index is 6.49. The first-order valence-electron chi connectivity index (χ1n) is 16.5. The maximum atomic E-state index is 6.49. The second-order valence-corrected chi connectivity index (χ2v) is 12.4. The molecule has 0 fully saturated rings. The lowest BCUT2D eigenvalue weighted by Crippen LogP contribution is -2.10. The van der Waals surface area contributed by atoms with Crippen molar-refractivity contribution in [3.63, 3.8) is 0 Å². The molecule has 0 N–H and O–H groups in total. The third-order valence-corrected chi connectivity index (χ3v) is 9.45. The van der Waals surface area contributed by atoms with Gasteiger partial charge in [0.25, 0.3) is 0 Å². The molecule has 0 bridgehead atoms. The van der Waals surface area contributed by atoms with E-state index >= 15 is 0 Å². The van der Waals surface area contributed by atoms with Crippen molar-refractivity contribution in [2.45, 2.75) is 0 Å². The van der Waals surface area contributed by atoms with Crippen LogP contribution in [0, 0.1) is 0 Å². The van der Waals surface area contributed by atoms with Gasteiger partial charge in [0.15, 0.2) is 5.58 Å². The van der Waals surface area contributed by atoms with Gasteiger partial charge in [0.05, 0.1) is 11.1 Å². The largest absolute Gasteiger partial charge is 0.456 e. The van der Waals surface area contributed by atoms with Crippen LogP contribution in [0.4, 0.5) is 17.1 Å². The minimum Gasteiger partial charge on any atom is -0.456 e. The summed E-state index contributed by atoms with van der Waals surface area (Å²) in [5, 5.41) is 6.71. The fraction of sp³-hybridized carbons (Fsp3) is 0. The van der Waals surface area contributed by atoms with Crippen LogP contribution in [0.2, 0.25) is 0 Å². The first-order valence-corrected chi connectivity index (χ1v) is 16.5. The molecule has 4 nitrogen and oxygen atoms in total. The second-order valence-electron chi connectivity index (χ2n) is 12.4. The number of rotatable bonds is 5. The summed E-state index contributed by atoms with van der Waals surface area (Å²) in [6.07, 6.45) is 0. The number of furan rings is 1. The Kier molecular flexibility index (Phi) is 6.15. The first-order chi connectivity index (χ1) is 24.3. The van der Waals surface area contributed by atoms with Gasteiger partial charge in [-0.25, -0.2) is 4.98 Å². The number of oxazole rings is 1. The van der Waals surface area contributed by atoms with E-state index in [0.717, 1.165) is 61.2 Å². The summed E-state index contributed by atoms with van der Waals surface area (Å²) in [5.41, 5.74) is 9.52. The Bertz CT molecular complexity index is 2830. The van der Waals surface area contributed by atoms with Crippen molar-refractivity contribution in [2.75, 3.05) is 4.90 Å². The molecule has 0 atom stereocenters. The Morgan fingerprint density at radius 1 is 0.429 bits per heavy atom. The number of hydrogen-bond acceptors (Lipinski definition) is 4. The molecule has 230 valence electrons. The summed E-state index contributed by atoms with van der Waals surface area (Å²) in [7, 11) is 0. The van der Waals surface area contributed by atoms with Gasteiger partial charge < -0.3 is 13.7 Å². The van der Waals surface area contributed by atoms with Gasteiger partial charge in [-0.05, 0) is 87.9 Å². The van der Waals surface area contributed by atoms with Crippen LogP contribution in [0.5, 0.6) is 0 Å². The average molecular weight is 629 g/mol. The number of anilines is 3. The van der Waals surface area contributed by atoms with Gasteiger partial charge in [0.2, 0.25) is 5.89 Å². The summed E-state index contributed by atoms with van der Waals surface area (Å²) in [5.74, 6) is 0.593. The van der Waals surface area contributed by atoms with Gasteiger partial charge >= 0.3 is 0 Å². The van der Waals surface area contributed by atoms with Crippen molar-refractivity contribution < 1.29 is 8.83 Å². The van der Waals surface area contributed by atoms with Crippen LogP contribution in [0.15, 0.2) is 179 Å². The average Bonchev–Trinajstić information content (AvgIpc) is 3.77. The van der Waals surface area contributed by atoms with Crippen molar-refractivity contribution >= 4 is 71.6 Å². The smallest absolute Gasteiger partial charge is 0.227 e. The molecule has 2 heterocycles. The molecule has 49 heavy (non-hydrogen) atoms. The molecule has 0 saturated heterocycles. The highest BCUT2D eigenvalue weighted by molar-refractivity contribution is 6.18. The Balaban J connectivity index is 1.25. The molecule has 4 heteroatoms. The quantitative estimate of drug-likeness (QED) is 0.178. The fourth-order valence-electron chi connectivity index (χ4n) is 7.18. The van der Waals surface area contributed by atoms with E-state index < -0.39 is 0 Å². The standard InChI is InChI=1S/C45H28N2O2/c1-3-12-29(13-4-1)31-17-11-18-33(26-31)47(40-27-32-16-7-8-19-35(32)36-20-9-10-21-37(36)40)34-22-24-41-38(28-34)43-42(48-41)25-23-39-44(43)49-45(46-39)30-14-5-2-6-15-30/h1-28H. The topological polar surface area (TPSA) is 42.4 Å². The molecule has 0 aliphatic rings. The van der Waals surface area contributed by atoms with Gasteiger partial charge in [-0.3, -0.25) is 0 Å². The van der Waals surface area contributed by atoms with Crippen LogP contribution in [0.25, 0.3) is 77.2 Å². The van der Waals surface area contributed by atoms with E-state index in [2.05, 4.69) is 132 Å². The number of aromatic nitrogens is 1. The highest BCUT2D eigenvalue weighted by atomic mass is 16.4. The predicted octanol–water partition coefficient (Wildman–Crippen LogP) is 12.8. The lowest BCUT2D eigenvalue weighted by Gasteiger charge is -2.28. The molecule has 0 aliphatic heterocycles. The lowest BCUT2D eigenvalue weighted by atomic mass is 9.98. The van der Waals surface area contributed by atoms with E-state index in [1.54, 1.807) is 0 Å². The maximum Gasteiger partial charge on any atom is 0.227 e. The minimum atomic E-state index is 0.593.